The van der Waals surface area contributed by atoms with E-state index in [0.717, 1.165) is 7.11 Å². The number of carbonyl (C=O) groups excluding carboxylic acids is 2. The van der Waals surface area contributed by atoms with Crippen LogP contribution in [0.15, 0.2) is 54.1 Å². The zero-order chi connectivity index (χ0) is 42.5. The van der Waals surface area contributed by atoms with Crippen molar-refractivity contribution in [2.24, 2.45) is 11.8 Å². The van der Waals surface area contributed by atoms with E-state index in [1.54, 1.807) is 44.2 Å². The summed E-state index contributed by atoms with van der Waals surface area (Å²) in [5.74, 6) is -2.22. The van der Waals surface area contributed by atoms with Crippen LogP contribution in [0, 0.1) is 11.8 Å². The molecule has 60 heavy (non-hydrogen) atoms. The number of H-pyrrole nitrogens is 1. The van der Waals surface area contributed by atoms with Crippen LogP contribution in [0.25, 0.3) is 22.3 Å². The summed E-state index contributed by atoms with van der Waals surface area (Å²) in [5, 5.41) is 18.6. The summed E-state index contributed by atoms with van der Waals surface area (Å²) < 4.78 is 70.1. The van der Waals surface area contributed by atoms with Crippen LogP contribution in [-0.2, 0) is 48.7 Å². The minimum absolute atomic E-state index is 0.00977. The maximum Gasteiger partial charge on any atom is 0.405 e. The number of nitrogens with zero attached hydrogens (tertiary/aromatic N) is 7. The fourth-order valence-electron chi connectivity index (χ4n) is 7.05. The van der Waals surface area contributed by atoms with Crippen LogP contribution in [0.5, 0.6) is 0 Å². The third-order valence-electron chi connectivity index (χ3n) is 10.2. The van der Waals surface area contributed by atoms with Crippen molar-refractivity contribution in [3.63, 3.8) is 0 Å². The number of hydrogen-bond acceptors (Lipinski definition) is 17. The first-order valence-corrected chi connectivity index (χ1v) is 23.2. The Balaban J connectivity index is 1.09. The topological polar surface area (TPSA) is 270 Å². The van der Waals surface area contributed by atoms with E-state index in [0.29, 0.717) is 5.56 Å². The predicted molar refractivity (Wildman–Crippen MR) is 213 cm³/mol. The van der Waals surface area contributed by atoms with E-state index in [4.69, 9.17) is 39.4 Å². The Labute approximate surface area is 344 Å². The van der Waals surface area contributed by atoms with Crippen LogP contribution in [0.1, 0.15) is 36.7 Å². The molecule has 3 aliphatic rings. The molecule has 5 aromatic rings. The lowest BCUT2D eigenvalue weighted by molar-refractivity contribution is -0.118. The number of aromatic amines is 1. The Morgan fingerprint density at radius 3 is 2.43 bits per heavy atom. The van der Waals surface area contributed by atoms with Crippen molar-refractivity contribution in [2.45, 2.75) is 56.8 Å². The molecule has 3 aliphatic heterocycles. The molecule has 22 nitrogen and oxygen atoms in total. The zero-order valence-corrected chi connectivity index (χ0v) is 34.9. The number of amides is 2. The van der Waals surface area contributed by atoms with E-state index >= 15 is 4.39 Å². The molecule has 2 bridgehead atoms. The van der Waals surface area contributed by atoms with Crippen molar-refractivity contribution in [1.29, 1.82) is 0 Å². The molecule has 0 radical (unpaired) electrons. The third-order valence-corrected chi connectivity index (χ3v) is 13.6. The average molecular weight is 892 g/mol. The highest BCUT2D eigenvalue weighted by Gasteiger charge is 2.53. The maximum absolute atomic E-state index is 16.8. The number of halogens is 1. The average Bonchev–Trinajstić information content (AvgIpc) is 4.00. The van der Waals surface area contributed by atoms with Gasteiger partial charge in [0.1, 0.15) is 18.5 Å². The molecule has 2 amide bonds. The van der Waals surface area contributed by atoms with Gasteiger partial charge in [-0.1, -0.05) is 32.0 Å². The largest absolute Gasteiger partial charge is 0.405 e. The van der Waals surface area contributed by atoms with Crippen molar-refractivity contribution in [3.8, 4) is 0 Å². The summed E-state index contributed by atoms with van der Waals surface area (Å²) in [6.45, 7) is 0.123. The Kier molecular flexibility index (Phi) is 11.8. The van der Waals surface area contributed by atoms with Gasteiger partial charge in [0, 0.05) is 31.2 Å². The highest BCUT2D eigenvalue weighted by atomic mass is 32.5. The van der Waals surface area contributed by atoms with Gasteiger partial charge >= 0.3 is 7.75 Å². The molecule has 10 atom stereocenters. The highest BCUT2D eigenvalue weighted by Crippen LogP contribution is 2.54. The summed E-state index contributed by atoms with van der Waals surface area (Å²) in [6.07, 6.45) is -4.14. The van der Waals surface area contributed by atoms with Gasteiger partial charge in [-0.25, -0.2) is 34.0 Å². The van der Waals surface area contributed by atoms with Gasteiger partial charge < -0.3 is 33.5 Å². The third kappa shape index (κ3) is 8.17. The molecule has 8 rings (SSSR count). The minimum atomic E-state index is -4.39. The molecule has 0 aliphatic carbocycles. The molecule has 3 saturated heterocycles. The SMILES string of the molecule is COP1(=O)NC2C(COP(C)(=S)OC3C(CO)C(CO1)OC3n1cnc3c(=O)[nH]c(NC(=O)C(C)C)nc31)OC(n1cnc3c(NC(=O)c4ccccc4)ncnc31)C2F. The Morgan fingerprint density at radius 2 is 1.72 bits per heavy atom. The van der Waals surface area contributed by atoms with Gasteiger partial charge in [-0.05, 0) is 23.9 Å². The fraction of sp³-hybridized carbons (Fsp3) is 0.471. The number of imidazole rings is 2. The van der Waals surface area contributed by atoms with Crippen LogP contribution in [0.3, 0.4) is 0 Å². The number of aromatic nitrogens is 8. The lowest BCUT2D eigenvalue weighted by atomic mass is 9.99. The van der Waals surface area contributed by atoms with Crippen LogP contribution < -0.4 is 21.3 Å². The molecule has 5 N–H and O–H groups in total. The van der Waals surface area contributed by atoms with Crippen molar-refractivity contribution in [3.05, 3.63) is 65.2 Å². The zero-order valence-electron chi connectivity index (χ0n) is 32.3. The summed E-state index contributed by atoms with van der Waals surface area (Å²) in [6, 6.07) is 7.07. The van der Waals surface area contributed by atoms with E-state index in [2.05, 4.69) is 45.6 Å². The van der Waals surface area contributed by atoms with Crippen molar-refractivity contribution < 1.29 is 51.2 Å². The molecular weight excluding hydrogens is 851 g/mol. The number of nitrogens with one attached hydrogen (secondary N) is 4. The number of hydrogen-bond donors (Lipinski definition) is 5. The van der Waals surface area contributed by atoms with Crippen LogP contribution in [-0.4, -0.2) is 120 Å². The number of benzene rings is 1. The summed E-state index contributed by atoms with van der Waals surface area (Å²) in [4.78, 5) is 62.3. The number of alkyl halides is 1. The van der Waals surface area contributed by atoms with Gasteiger partial charge in [0.2, 0.25) is 11.9 Å². The van der Waals surface area contributed by atoms with Crippen molar-refractivity contribution >= 4 is 72.0 Å². The number of rotatable bonds is 8. The van der Waals surface area contributed by atoms with E-state index in [9.17, 15) is 24.1 Å². The highest BCUT2D eigenvalue weighted by molar-refractivity contribution is 8.09. The Bertz CT molecular complexity index is 2580. The van der Waals surface area contributed by atoms with E-state index in [-0.39, 0.29) is 40.7 Å². The second-order valence-corrected chi connectivity index (χ2v) is 20.3. The van der Waals surface area contributed by atoms with Crippen LogP contribution >= 0.6 is 14.2 Å². The fourth-order valence-corrected chi connectivity index (χ4v) is 10.0. The minimum Gasteiger partial charge on any atom is -0.396 e. The first kappa shape index (κ1) is 42.2. The normalized spacial score (nSPS) is 31.1. The molecule has 320 valence electrons. The van der Waals surface area contributed by atoms with E-state index in [1.165, 1.54) is 34.8 Å². The summed E-state index contributed by atoms with van der Waals surface area (Å²) in [7, 11) is -3.28. The summed E-state index contributed by atoms with van der Waals surface area (Å²) >= 11 is 5.87. The van der Waals surface area contributed by atoms with Gasteiger partial charge in [-0.3, -0.25) is 38.3 Å². The predicted octanol–water partition coefficient (Wildman–Crippen LogP) is 2.63. The number of fused-ring (bicyclic) bond motifs is 5. The molecule has 0 saturated carbocycles. The van der Waals surface area contributed by atoms with Crippen molar-refractivity contribution in [2.75, 3.05) is 44.2 Å². The number of aliphatic hydroxyl groups excluding tert-OH is 1. The number of carbonyl (C=O) groups is 2. The molecule has 4 aromatic heterocycles. The van der Waals surface area contributed by atoms with E-state index in [1.807, 2.05) is 0 Å². The molecule has 1 aromatic carbocycles. The molecule has 7 heterocycles. The van der Waals surface area contributed by atoms with Crippen molar-refractivity contribution in [1.82, 2.24) is 44.1 Å². The maximum atomic E-state index is 16.8. The first-order chi connectivity index (χ1) is 28.7. The van der Waals surface area contributed by atoms with Gasteiger partial charge in [0.15, 0.2) is 53.3 Å². The second-order valence-electron chi connectivity index (χ2n) is 14.4. The van der Waals surface area contributed by atoms with Gasteiger partial charge in [-0.2, -0.15) is 4.98 Å². The molecule has 10 unspecified atom stereocenters. The monoisotopic (exact) mass is 891 g/mol. The van der Waals surface area contributed by atoms with Gasteiger partial charge in [-0.15, -0.1) is 0 Å². The lowest BCUT2D eigenvalue weighted by Gasteiger charge is -2.30. The lowest BCUT2D eigenvalue weighted by Crippen LogP contribution is -2.43. The quantitative estimate of drug-likeness (QED) is 0.140. The number of anilines is 2. The van der Waals surface area contributed by atoms with E-state index < -0.39 is 99.6 Å². The standard InChI is InChI=1S/C34H40FN11O11P2S/c1-16(2)29(48)42-34-41-28-24(31(50)43-34)39-15-46(28)33-25-18(10-47)19(55-33)11-54-59(51,52-3)44-22-20(12-53-58(4,60)57-25)56-32(21(22)35)45-14-38-23-26(36-13-37-27(23)45)40-30(49)17-8-6-5-7-9-17/h5-9,13-16,18-22,25,32-33,47H,10-12H2,1-4H3,(H,44,51)(H,36,37,40,49)(H2,41,42,43,48,50). The van der Waals surface area contributed by atoms with Crippen LogP contribution in [0.4, 0.5) is 16.2 Å². The van der Waals surface area contributed by atoms with Crippen LogP contribution in [0.2, 0.25) is 0 Å². The van der Waals surface area contributed by atoms with Gasteiger partial charge in [0.05, 0.1) is 44.6 Å². The number of aliphatic hydroxyl groups is 1. The Morgan fingerprint density at radius 1 is 1.02 bits per heavy atom. The molecule has 3 fully saturated rings. The molecule has 26 heteroatoms. The summed E-state index contributed by atoms with van der Waals surface area (Å²) in [5.41, 5.74) is -0.0690. The molecular formula is C34H40FN11O11P2S. The Hall–Kier alpha value is -4.45. The number of ether oxygens (including phenoxy) is 2. The first-order valence-electron chi connectivity index (χ1n) is 18.5. The van der Waals surface area contributed by atoms with Gasteiger partial charge in [0.25, 0.3) is 11.5 Å². The molecule has 0 spiro atoms. The second kappa shape index (κ2) is 16.8. The smallest absolute Gasteiger partial charge is 0.396 e.